The van der Waals surface area contributed by atoms with Crippen molar-refractivity contribution in [2.24, 2.45) is 10.9 Å². The van der Waals surface area contributed by atoms with E-state index in [2.05, 4.69) is 10.1 Å². The van der Waals surface area contributed by atoms with E-state index in [1.54, 1.807) is 7.11 Å². The third kappa shape index (κ3) is 3.10. The molecule has 5 heteroatoms. The van der Waals surface area contributed by atoms with Crippen molar-refractivity contribution in [1.82, 2.24) is 0 Å². The van der Waals surface area contributed by atoms with Crippen LogP contribution in [0.1, 0.15) is 31.2 Å². The zero-order valence-corrected chi connectivity index (χ0v) is 11.3. The molecule has 1 aromatic rings. The summed E-state index contributed by atoms with van der Waals surface area (Å²) in [5.41, 5.74) is 7.50. The van der Waals surface area contributed by atoms with Crippen LogP contribution in [0.3, 0.4) is 0 Å². The number of nitrogens with two attached hydrogens (primary N) is 1. The Morgan fingerprint density at radius 1 is 1.26 bits per heavy atom. The molecule has 0 aliphatic carbocycles. The van der Waals surface area contributed by atoms with Gasteiger partial charge in [-0.1, -0.05) is 18.0 Å². The van der Waals surface area contributed by atoms with Gasteiger partial charge in [-0.3, -0.25) is 0 Å². The fourth-order valence-electron chi connectivity index (χ4n) is 2.48. The van der Waals surface area contributed by atoms with Crippen molar-refractivity contribution >= 4 is 11.5 Å². The molecular formula is C14H21N3O2. The monoisotopic (exact) mass is 263 g/mol. The highest BCUT2D eigenvalue weighted by atomic mass is 16.5. The van der Waals surface area contributed by atoms with Crippen LogP contribution in [0.4, 0.5) is 5.69 Å². The molecule has 5 nitrogen and oxygen atoms in total. The number of benzene rings is 1. The number of hydrogen-bond donors (Lipinski definition) is 2. The normalized spacial score (nSPS) is 17.1. The van der Waals surface area contributed by atoms with E-state index in [9.17, 15) is 0 Å². The van der Waals surface area contributed by atoms with Crippen LogP contribution in [0, 0.1) is 0 Å². The van der Waals surface area contributed by atoms with Crippen LogP contribution in [0.5, 0.6) is 5.75 Å². The number of nitrogens with zero attached hydrogens (tertiary/aromatic N) is 2. The summed E-state index contributed by atoms with van der Waals surface area (Å²) in [5, 5.41) is 12.0. The first kappa shape index (κ1) is 13.5. The van der Waals surface area contributed by atoms with Crippen molar-refractivity contribution in [3.8, 4) is 5.75 Å². The van der Waals surface area contributed by atoms with Crippen molar-refractivity contribution in [1.29, 1.82) is 0 Å². The summed E-state index contributed by atoms with van der Waals surface area (Å²) in [6, 6.07) is 5.63. The lowest BCUT2D eigenvalue weighted by Crippen LogP contribution is -2.27. The van der Waals surface area contributed by atoms with Crippen LogP contribution >= 0.6 is 0 Å². The zero-order valence-electron chi connectivity index (χ0n) is 11.3. The molecule has 0 atom stereocenters. The van der Waals surface area contributed by atoms with E-state index < -0.39 is 0 Å². The fraction of sp³-hybridized carbons (Fsp3) is 0.500. The highest BCUT2D eigenvalue weighted by Crippen LogP contribution is 2.28. The number of ether oxygens (including phenoxy) is 1. The number of oxime groups is 1. The largest absolute Gasteiger partial charge is 0.497 e. The minimum atomic E-state index is 0.141. The van der Waals surface area contributed by atoms with E-state index in [1.807, 2.05) is 18.2 Å². The predicted octanol–water partition coefficient (Wildman–Crippen LogP) is 2.17. The first-order valence-electron chi connectivity index (χ1n) is 6.67. The maximum absolute atomic E-state index is 8.91. The molecule has 1 fully saturated rings. The van der Waals surface area contributed by atoms with E-state index >= 15 is 0 Å². The van der Waals surface area contributed by atoms with Crippen molar-refractivity contribution < 1.29 is 9.94 Å². The molecule has 1 saturated heterocycles. The lowest BCUT2D eigenvalue weighted by atomic mass is 10.1. The van der Waals surface area contributed by atoms with Crippen molar-refractivity contribution in [2.45, 2.75) is 25.7 Å². The molecule has 0 unspecified atom stereocenters. The van der Waals surface area contributed by atoms with Crippen LogP contribution < -0.4 is 15.4 Å². The molecule has 1 aliphatic heterocycles. The van der Waals surface area contributed by atoms with Gasteiger partial charge in [-0.05, 0) is 25.0 Å². The van der Waals surface area contributed by atoms with Crippen molar-refractivity contribution in [2.75, 3.05) is 25.1 Å². The maximum atomic E-state index is 8.91. The van der Waals surface area contributed by atoms with E-state index in [0.29, 0.717) is 0 Å². The molecule has 0 saturated carbocycles. The van der Waals surface area contributed by atoms with Crippen LogP contribution in [0.15, 0.2) is 23.4 Å². The molecule has 1 aromatic carbocycles. The first-order valence-corrected chi connectivity index (χ1v) is 6.67. The number of anilines is 1. The third-order valence-electron chi connectivity index (χ3n) is 3.54. The number of hydrogen-bond acceptors (Lipinski definition) is 4. The second kappa shape index (κ2) is 6.31. The topological polar surface area (TPSA) is 71.1 Å². The molecule has 0 bridgehead atoms. The van der Waals surface area contributed by atoms with E-state index in [1.165, 1.54) is 25.7 Å². The standard InChI is InChI=1S/C14H21N3O2/c1-19-11-6-7-12(14(15)16-18)13(10-11)17-8-4-2-3-5-9-17/h6-7,10,18H,2-5,8-9H2,1H3,(H2,15,16). The number of methoxy groups -OCH3 is 1. The summed E-state index contributed by atoms with van der Waals surface area (Å²) in [7, 11) is 1.64. The Balaban J connectivity index is 2.38. The summed E-state index contributed by atoms with van der Waals surface area (Å²) in [6.45, 7) is 2.00. The van der Waals surface area contributed by atoms with Crippen molar-refractivity contribution in [3.05, 3.63) is 23.8 Å². The highest BCUT2D eigenvalue weighted by molar-refractivity contribution is 6.02. The minimum Gasteiger partial charge on any atom is -0.497 e. The quantitative estimate of drug-likeness (QED) is 0.379. The van der Waals surface area contributed by atoms with Gasteiger partial charge in [0.1, 0.15) is 5.75 Å². The molecule has 0 amide bonds. The van der Waals surface area contributed by atoms with Gasteiger partial charge in [0.2, 0.25) is 0 Å². The average molecular weight is 263 g/mol. The summed E-state index contributed by atoms with van der Waals surface area (Å²) in [6.07, 6.45) is 4.87. The second-order valence-electron chi connectivity index (χ2n) is 4.77. The summed E-state index contributed by atoms with van der Waals surface area (Å²) in [5.74, 6) is 0.927. The molecule has 19 heavy (non-hydrogen) atoms. The van der Waals surface area contributed by atoms with Gasteiger partial charge in [0, 0.05) is 24.7 Å². The zero-order chi connectivity index (χ0) is 13.7. The van der Waals surface area contributed by atoms with E-state index in [4.69, 9.17) is 15.7 Å². The molecule has 1 heterocycles. The maximum Gasteiger partial charge on any atom is 0.172 e. The van der Waals surface area contributed by atoms with E-state index in [0.717, 1.165) is 30.1 Å². The highest BCUT2D eigenvalue weighted by Gasteiger charge is 2.16. The first-order chi connectivity index (χ1) is 9.26. The molecular weight excluding hydrogens is 242 g/mol. The number of rotatable bonds is 3. The Labute approximate surface area is 113 Å². The van der Waals surface area contributed by atoms with Crippen molar-refractivity contribution in [3.63, 3.8) is 0 Å². The van der Waals surface area contributed by atoms with Crippen LogP contribution in [0.2, 0.25) is 0 Å². The average Bonchev–Trinajstić information content (AvgIpc) is 2.74. The second-order valence-corrected chi connectivity index (χ2v) is 4.77. The van der Waals surface area contributed by atoms with Crippen LogP contribution in [0.25, 0.3) is 0 Å². The molecule has 2 rings (SSSR count). The molecule has 3 N–H and O–H groups in total. The van der Waals surface area contributed by atoms with Gasteiger partial charge < -0.3 is 20.6 Å². The molecule has 0 radical (unpaired) electrons. The van der Waals surface area contributed by atoms with Gasteiger partial charge in [-0.15, -0.1) is 0 Å². The molecule has 104 valence electrons. The van der Waals surface area contributed by atoms with Crippen LogP contribution in [-0.2, 0) is 0 Å². The lowest BCUT2D eigenvalue weighted by molar-refractivity contribution is 0.318. The predicted molar refractivity (Wildman–Crippen MR) is 76.2 cm³/mol. The Bertz CT molecular complexity index is 452. The Hall–Kier alpha value is -1.91. The van der Waals surface area contributed by atoms with Gasteiger partial charge in [0.15, 0.2) is 5.84 Å². The third-order valence-corrected chi connectivity index (χ3v) is 3.54. The molecule has 0 aromatic heterocycles. The van der Waals surface area contributed by atoms with Gasteiger partial charge in [-0.25, -0.2) is 0 Å². The minimum absolute atomic E-state index is 0.141. The Morgan fingerprint density at radius 2 is 1.95 bits per heavy atom. The number of amidine groups is 1. The van der Waals surface area contributed by atoms with Crippen LogP contribution in [-0.4, -0.2) is 31.2 Å². The summed E-state index contributed by atoms with van der Waals surface area (Å²) >= 11 is 0. The molecule has 0 spiro atoms. The molecule has 1 aliphatic rings. The fourth-order valence-corrected chi connectivity index (χ4v) is 2.48. The van der Waals surface area contributed by atoms with Gasteiger partial charge in [0.05, 0.1) is 12.8 Å². The van der Waals surface area contributed by atoms with Gasteiger partial charge >= 0.3 is 0 Å². The van der Waals surface area contributed by atoms with Gasteiger partial charge in [0.25, 0.3) is 0 Å². The SMILES string of the molecule is COc1ccc(/C(N)=N/O)c(N2CCCCCC2)c1. The van der Waals surface area contributed by atoms with Gasteiger partial charge in [-0.2, -0.15) is 0 Å². The van der Waals surface area contributed by atoms with E-state index in [-0.39, 0.29) is 5.84 Å². The Morgan fingerprint density at radius 3 is 2.53 bits per heavy atom. The Kier molecular flexibility index (Phi) is 4.49. The smallest absolute Gasteiger partial charge is 0.172 e. The lowest BCUT2D eigenvalue weighted by Gasteiger charge is -2.25. The summed E-state index contributed by atoms with van der Waals surface area (Å²) in [4.78, 5) is 2.29. The summed E-state index contributed by atoms with van der Waals surface area (Å²) < 4.78 is 5.28.